The average Bonchev–Trinajstić information content (AvgIpc) is 2.42. The zero-order valence-corrected chi connectivity index (χ0v) is 12.9. The van der Waals surface area contributed by atoms with E-state index in [1.54, 1.807) is 0 Å². The maximum absolute atomic E-state index is 13.1. The van der Waals surface area contributed by atoms with Gasteiger partial charge in [-0.05, 0) is 31.0 Å². The molecule has 0 spiro atoms. The van der Waals surface area contributed by atoms with Gasteiger partial charge in [0, 0.05) is 6.54 Å². The predicted octanol–water partition coefficient (Wildman–Crippen LogP) is 4.62. The lowest BCUT2D eigenvalue weighted by Crippen LogP contribution is -2.07. The van der Waals surface area contributed by atoms with Crippen molar-refractivity contribution >= 4 is 17.4 Å². The summed E-state index contributed by atoms with van der Waals surface area (Å²) in [7, 11) is 0. The van der Waals surface area contributed by atoms with Gasteiger partial charge in [0.05, 0.1) is 10.6 Å². The van der Waals surface area contributed by atoms with Crippen LogP contribution in [0.3, 0.4) is 0 Å². The lowest BCUT2D eigenvalue weighted by Gasteiger charge is -2.16. The fourth-order valence-electron chi connectivity index (χ4n) is 1.95. The highest BCUT2D eigenvalue weighted by Gasteiger charge is 2.17. The van der Waals surface area contributed by atoms with Gasteiger partial charge in [0.2, 0.25) is 5.88 Å². The number of nitrogens with zero attached hydrogens (tertiary/aromatic N) is 2. The summed E-state index contributed by atoms with van der Waals surface area (Å²) in [6.07, 6.45) is 1.43. The van der Waals surface area contributed by atoms with Gasteiger partial charge in [-0.3, -0.25) is 0 Å². The topological polar surface area (TPSA) is 47.0 Å². The molecule has 1 N–H and O–H groups in total. The van der Waals surface area contributed by atoms with Crippen LogP contribution in [0.5, 0.6) is 11.6 Å². The quantitative estimate of drug-likeness (QED) is 0.875. The smallest absolute Gasteiger partial charge is 0.227 e. The van der Waals surface area contributed by atoms with Crippen LogP contribution in [0.4, 0.5) is 10.2 Å². The van der Waals surface area contributed by atoms with Gasteiger partial charge in [-0.25, -0.2) is 14.4 Å². The van der Waals surface area contributed by atoms with Gasteiger partial charge < -0.3 is 10.1 Å². The molecule has 0 saturated carbocycles. The van der Waals surface area contributed by atoms with Crippen LogP contribution in [0.15, 0.2) is 24.5 Å². The molecule has 0 aliphatic heterocycles. The fourth-order valence-corrected chi connectivity index (χ4v) is 2.16. The number of anilines is 1. The van der Waals surface area contributed by atoms with Crippen molar-refractivity contribution in [2.24, 2.45) is 0 Å². The minimum Gasteiger partial charge on any atom is -0.437 e. The number of aromatic nitrogens is 2. The summed E-state index contributed by atoms with van der Waals surface area (Å²) in [4.78, 5) is 8.41. The number of rotatable bonds is 5. The third-order valence-electron chi connectivity index (χ3n) is 2.87. The minimum absolute atomic E-state index is 0.162. The summed E-state index contributed by atoms with van der Waals surface area (Å²) in [5.74, 6) is 1.27. The normalized spacial score (nSPS) is 10.8. The molecule has 21 heavy (non-hydrogen) atoms. The Bertz CT molecular complexity index is 634. The van der Waals surface area contributed by atoms with E-state index < -0.39 is 5.82 Å². The number of ether oxygens (including phenoxy) is 1. The molecule has 0 amide bonds. The van der Waals surface area contributed by atoms with Crippen molar-refractivity contribution < 1.29 is 9.13 Å². The predicted molar refractivity (Wildman–Crippen MR) is 81.8 cm³/mol. The lowest BCUT2D eigenvalue weighted by molar-refractivity contribution is 0.450. The molecule has 2 aromatic rings. The number of hydrogen-bond acceptors (Lipinski definition) is 4. The van der Waals surface area contributed by atoms with Crippen molar-refractivity contribution in [2.45, 2.75) is 26.7 Å². The molecule has 0 aliphatic rings. The molecule has 2 rings (SSSR count). The van der Waals surface area contributed by atoms with Crippen LogP contribution in [-0.2, 0) is 0 Å². The zero-order valence-electron chi connectivity index (χ0n) is 12.2. The molecular weight excluding hydrogens is 293 g/mol. The van der Waals surface area contributed by atoms with Gasteiger partial charge in [0.1, 0.15) is 23.7 Å². The second-order valence-electron chi connectivity index (χ2n) is 4.80. The first kappa shape index (κ1) is 15.5. The Morgan fingerprint density at radius 3 is 2.71 bits per heavy atom. The third-order valence-corrected chi connectivity index (χ3v) is 3.16. The first-order valence-electron chi connectivity index (χ1n) is 6.74. The van der Waals surface area contributed by atoms with Gasteiger partial charge in [-0.2, -0.15) is 0 Å². The third kappa shape index (κ3) is 3.61. The van der Waals surface area contributed by atoms with Crippen molar-refractivity contribution in [3.8, 4) is 11.6 Å². The van der Waals surface area contributed by atoms with Crippen molar-refractivity contribution in [2.75, 3.05) is 11.9 Å². The maximum atomic E-state index is 13.1. The first-order valence-corrected chi connectivity index (χ1v) is 7.12. The van der Waals surface area contributed by atoms with E-state index in [4.69, 9.17) is 16.3 Å². The molecule has 0 saturated heterocycles. The maximum Gasteiger partial charge on any atom is 0.227 e. The Balaban J connectivity index is 2.41. The molecule has 4 nitrogen and oxygen atoms in total. The summed E-state index contributed by atoms with van der Waals surface area (Å²) in [6, 6.07) is 3.98. The number of hydrogen-bond donors (Lipinski definition) is 1. The minimum atomic E-state index is -0.410. The second kappa shape index (κ2) is 6.72. The summed E-state index contributed by atoms with van der Waals surface area (Å²) in [6.45, 7) is 6.79. The van der Waals surface area contributed by atoms with E-state index in [0.717, 1.165) is 17.9 Å². The van der Waals surface area contributed by atoms with E-state index in [2.05, 4.69) is 15.3 Å². The Morgan fingerprint density at radius 2 is 2.10 bits per heavy atom. The summed E-state index contributed by atoms with van der Waals surface area (Å²) >= 11 is 5.99. The Morgan fingerprint density at radius 1 is 1.33 bits per heavy atom. The van der Waals surface area contributed by atoms with Crippen molar-refractivity contribution in [3.63, 3.8) is 0 Å². The zero-order chi connectivity index (χ0) is 15.4. The molecule has 6 heteroatoms. The van der Waals surface area contributed by atoms with Crippen LogP contribution in [0, 0.1) is 5.82 Å². The first-order chi connectivity index (χ1) is 10.0. The molecular formula is C15H17ClFN3O. The van der Waals surface area contributed by atoms with Crippen molar-refractivity contribution in [1.82, 2.24) is 9.97 Å². The molecule has 1 aromatic carbocycles. The Hall–Kier alpha value is -1.88. The number of benzene rings is 1. The average molecular weight is 310 g/mol. The molecule has 0 fully saturated rings. The summed E-state index contributed by atoms with van der Waals surface area (Å²) in [5, 5.41) is 3.39. The van der Waals surface area contributed by atoms with Crippen LogP contribution >= 0.6 is 11.6 Å². The molecule has 0 radical (unpaired) electrons. The molecule has 0 unspecified atom stereocenters. The van der Waals surface area contributed by atoms with Crippen LogP contribution < -0.4 is 10.1 Å². The highest BCUT2D eigenvalue weighted by molar-refractivity contribution is 6.32. The van der Waals surface area contributed by atoms with Crippen LogP contribution in [0.1, 0.15) is 32.3 Å². The highest BCUT2D eigenvalue weighted by Crippen LogP contribution is 2.35. The van der Waals surface area contributed by atoms with Gasteiger partial charge in [0.15, 0.2) is 0 Å². The molecule has 0 bridgehead atoms. The van der Waals surface area contributed by atoms with E-state index in [1.165, 1.54) is 24.5 Å². The number of nitrogens with one attached hydrogen (secondary N) is 1. The Labute approximate surface area is 128 Å². The molecule has 0 atom stereocenters. The lowest BCUT2D eigenvalue weighted by atomic mass is 10.1. The summed E-state index contributed by atoms with van der Waals surface area (Å²) in [5.41, 5.74) is 0.861. The van der Waals surface area contributed by atoms with E-state index in [0.29, 0.717) is 11.6 Å². The molecule has 0 aliphatic carbocycles. The van der Waals surface area contributed by atoms with Crippen molar-refractivity contribution in [3.05, 3.63) is 40.9 Å². The van der Waals surface area contributed by atoms with Gasteiger partial charge in [-0.15, -0.1) is 0 Å². The number of halogens is 2. The van der Waals surface area contributed by atoms with E-state index in [1.807, 2.05) is 20.8 Å². The van der Waals surface area contributed by atoms with E-state index >= 15 is 0 Å². The van der Waals surface area contributed by atoms with Crippen LogP contribution in [-0.4, -0.2) is 16.5 Å². The van der Waals surface area contributed by atoms with Crippen molar-refractivity contribution in [1.29, 1.82) is 0 Å². The highest BCUT2D eigenvalue weighted by atomic mass is 35.5. The molecule has 112 valence electrons. The molecule has 1 aromatic heterocycles. The largest absolute Gasteiger partial charge is 0.437 e. The van der Waals surface area contributed by atoms with Crippen LogP contribution in [0.25, 0.3) is 0 Å². The van der Waals surface area contributed by atoms with E-state index in [9.17, 15) is 4.39 Å². The standard InChI is InChI=1S/C15H17ClFN3O/c1-4-18-14-13(9(2)3)15(20-8-19-14)21-12-6-5-10(17)7-11(12)16/h5-9H,4H2,1-3H3,(H,18,19,20). The SMILES string of the molecule is CCNc1ncnc(Oc2ccc(F)cc2Cl)c1C(C)C. The fraction of sp³-hybridized carbons (Fsp3) is 0.333. The van der Waals surface area contributed by atoms with Gasteiger partial charge in [0.25, 0.3) is 0 Å². The molecule has 1 heterocycles. The van der Waals surface area contributed by atoms with Gasteiger partial charge in [-0.1, -0.05) is 25.4 Å². The summed E-state index contributed by atoms with van der Waals surface area (Å²) < 4.78 is 18.8. The monoisotopic (exact) mass is 309 g/mol. The second-order valence-corrected chi connectivity index (χ2v) is 5.21. The van der Waals surface area contributed by atoms with Crippen LogP contribution in [0.2, 0.25) is 5.02 Å². The Kier molecular flexibility index (Phi) is 4.96. The van der Waals surface area contributed by atoms with E-state index in [-0.39, 0.29) is 10.9 Å². The van der Waals surface area contributed by atoms with Gasteiger partial charge >= 0.3 is 0 Å².